The molecule has 0 bridgehead atoms. The van der Waals surface area contributed by atoms with E-state index in [0.29, 0.717) is 0 Å². The summed E-state index contributed by atoms with van der Waals surface area (Å²) in [7, 11) is -1.80. The Balaban J connectivity index is 2.29. The number of rotatable bonds is 4. The van der Waals surface area contributed by atoms with Crippen LogP contribution < -0.4 is 5.73 Å². The van der Waals surface area contributed by atoms with Crippen molar-refractivity contribution in [1.29, 1.82) is 0 Å². The monoisotopic (exact) mass is 312 g/mol. The van der Waals surface area contributed by atoms with Crippen LogP contribution in [0, 0.1) is 21.7 Å². The summed E-state index contributed by atoms with van der Waals surface area (Å²) < 4.78 is 39.0. The fourth-order valence-electron chi connectivity index (χ4n) is 1.75. The SMILES string of the molecule is Nc1ccc(S(=O)Cc2cc(F)cc([N+](=O)[O-])c2)c(F)c1. The number of hydrogen-bond acceptors (Lipinski definition) is 4. The van der Waals surface area contributed by atoms with Gasteiger partial charge in [0.25, 0.3) is 5.69 Å². The predicted octanol–water partition coefficient (Wildman–Crippen LogP) is 2.76. The van der Waals surface area contributed by atoms with E-state index in [4.69, 9.17) is 5.73 Å². The molecule has 0 saturated carbocycles. The highest BCUT2D eigenvalue weighted by molar-refractivity contribution is 7.84. The van der Waals surface area contributed by atoms with Crippen LogP contribution in [0.5, 0.6) is 0 Å². The largest absolute Gasteiger partial charge is 0.399 e. The first-order valence-corrected chi connectivity index (χ1v) is 7.06. The Morgan fingerprint density at radius 1 is 1.19 bits per heavy atom. The van der Waals surface area contributed by atoms with Crippen LogP contribution >= 0.6 is 0 Å². The van der Waals surface area contributed by atoms with Crippen molar-refractivity contribution >= 4 is 22.2 Å². The fourth-order valence-corrected chi connectivity index (χ4v) is 2.87. The summed E-state index contributed by atoms with van der Waals surface area (Å²) in [4.78, 5) is 9.80. The van der Waals surface area contributed by atoms with Crippen LogP contribution in [-0.4, -0.2) is 9.13 Å². The summed E-state index contributed by atoms with van der Waals surface area (Å²) in [5, 5.41) is 10.6. The molecule has 1 unspecified atom stereocenters. The highest BCUT2D eigenvalue weighted by Gasteiger charge is 2.15. The van der Waals surface area contributed by atoms with Gasteiger partial charge in [-0.05, 0) is 29.8 Å². The van der Waals surface area contributed by atoms with Gasteiger partial charge in [0.05, 0.1) is 32.4 Å². The molecule has 2 aromatic rings. The van der Waals surface area contributed by atoms with Crippen molar-refractivity contribution in [1.82, 2.24) is 0 Å². The van der Waals surface area contributed by atoms with E-state index in [1.54, 1.807) is 0 Å². The summed E-state index contributed by atoms with van der Waals surface area (Å²) >= 11 is 0. The van der Waals surface area contributed by atoms with Crippen molar-refractivity contribution in [3.8, 4) is 0 Å². The number of non-ortho nitro benzene ring substituents is 1. The van der Waals surface area contributed by atoms with Crippen molar-refractivity contribution < 1.29 is 17.9 Å². The van der Waals surface area contributed by atoms with E-state index in [1.165, 1.54) is 12.1 Å². The average Bonchev–Trinajstić information content (AvgIpc) is 2.37. The van der Waals surface area contributed by atoms with Gasteiger partial charge in [0, 0.05) is 11.8 Å². The average molecular weight is 312 g/mol. The number of nitrogen functional groups attached to an aromatic ring is 1. The second kappa shape index (κ2) is 5.96. The normalized spacial score (nSPS) is 12.1. The summed E-state index contributed by atoms with van der Waals surface area (Å²) in [6, 6.07) is 6.59. The Morgan fingerprint density at radius 3 is 2.52 bits per heavy atom. The maximum Gasteiger partial charge on any atom is 0.272 e. The maximum absolute atomic E-state index is 13.6. The number of benzene rings is 2. The summed E-state index contributed by atoms with van der Waals surface area (Å²) in [6.07, 6.45) is 0. The molecular formula is C13H10F2N2O3S. The highest BCUT2D eigenvalue weighted by atomic mass is 32.2. The number of anilines is 1. The number of nitro benzene ring substituents is 1. The molecule has 0 aromatic heterocycles. The van der Waals surface area contributed by atoms with E-state index in [9.17, 15) is 23.1 Å². The van der Waals surface area contributed by atoms with E-state index in [-0.39, 0.29) is 21.9 Å². The van der Waals surface area contributed by atoms with Crippen LogP contribution in [-0.2, 0) is 16.6 Å². The molecule has 110 valence electrons. The lowest BCUT2D eigenvalue weighted by Crippen LogP contribution is -2.01. The number of hydrogen-bond donors (Lipinski definition) is 1. The van der Waals surface area contributed by atoms with Crippen LogP contribution in [0.1, 0.15) is 5.56 Å². The molecule has 0 heterocycles. The number of nitro groups is 1. The fraction of sp³-hybridized carbons (Fsp3) is 0.0769. The number of nitrogens with two attached hydrogens (primary N) is 1. The standard InChI is InChI=1S/C13H10F2N2O3S/c14-9-3-8(4-11(5-9)17(18)19)7-21(20)13-2-1-10(16)6-12(13)15/h1-6H,7,16H2. The molecule has 8 heteroatoms. The number of halogens is 2. The van der Waals surface area contributed by atoms with Gasteiger partial charge in [0.1, 0.15) is 11.6 Å². The number of nitrogens with zero attached hydrogens (tertiary/aromatic N) is 1. The first-order valence-electron chi connectivity index (χ1n) is 5.74. The second-order valence-electron chi connectivity index (χ2n) is 4.25. The molecular weight excluding hydrogens is 302 g/mol. The zero-order valence-electron chi connectivity index (χ0n) is 10.6. The molecule has 0 fully saturated rings. The van der Waals surface area contributed by atoms with Gasteiger partial charge in [-0.2, -0.15) is 0 Å². The molecule has 2 N–H and O–H groups in total. The van der Waals surface area contributed by atoms with Gasteiger partial charge >= 0.3 is 0 Å². The van der Waals surface area contributed by atoms with Crippen molar-refractivity contribution in [2.75, 3.05) is 5.73 Å². The molecule has 0 aliphatic rings. The van der Waals surface area contributed by atoms with E-state index >= 15 is 0 Å². The van der Waals surface area contributed by atoms with Crippen molar-refractivity contribution in [2.24, 2.45) is 0 Å². The molecule has 0 amide bonds. The molecule has 0 aliphatic carbocycles. The van der Waals surface area contributed by atoms with E-state index < -0.39 is 33.0 Å². The highest BCUT2D eigenvalue weighted by Crippen LogP contribution is 2.21. The van der Waals surface area contributed by atoms with Crippen molar-refractivity contribution in [2.45, 2.75) is 10.6 Å². The predicted molar refractivity (Wildman–Crippen MR) is 74.0 cm³/mol. The lowest BCUT2D eigenvalue weighted by molar-refractivity contribution is -0.385. The minimum absolute atomic E-state index is 0.0869. The Morgan fingerprint density at radius 2 is 1.90 bits per heavy atom. The van der Waals surface area contributed by atoms with Crippen LogP contribution in [0.4, 0.5) is 20.2 Å². The van der Waals surface area contributed by atoms with Crippen LogP contribution in [0.3, 0.4) is 0 Å². The Kier molecular flexibility index (Phi) is 4.27. The molecule has 0 spiro atoms. The van der Waals surface area contributed by atoms with Gasteiger partial charge in [-0.15, -0.1) is 0 Å². The van der Waals surface area contributed by atoms with Crippen molar-refractivity contribution in [3.63, 3.8) is 0 Å². The van der Waals surface area contributed by atoms with Gasteiger partial charge in [0.2, 0.25) is 0 Å². The molecule has 5 nitrogen and oxygen atoms in total. The smallest absolute Gasteiger partial charge is 0.272 e. The Bertz CT molecular complexity index is 737. The minimum atomic E-state index is -1.80. The van der Waals surface area contributed by atoms with Gasteiger partial charge in [-0.1, -0.05) is 0 Å². The lowest BCUT2D eigenvalue weighted by Gasteiger charge is -2.05. The van der Waals surface area contributed by atoms with E-state index in [1.807, 2.05) is 0 Å². The third-order valence-electron chi connectivity index (χ3n) is 2.65. The third-order valence-corrected chi connectivity index (χ3v) is 4.07. The minimum Gasteiger partial charge on any atom is -0.399 e. The molecule has 1 atom stereocenters. The topological polar surface area (TPSA) is 86.2 Å². The Hall–Kier alpha value is -2.35. The van der Waals surface area contributed by atoms with Crippen LogP contribution in [0.15, 0.2) is 41.3 Å². The second-order valence-corrected chi connectivity index (χ2v) is 5.67. The van der Waals surface area contributed by atoms with Gasteiger partial charge in [0.15, 0.2) is 0 Å². The van der Waals surface area contributed by atoms with Crippen molar-refractivity contribution in [3.05, 3.63) is 63.7 Å². The quantitative estimate of drug-likeness (QED) is 0.534. The molecule has 0 aliphatic heterocycles. The third kappa shape index (κ3) is 3.60. The first kappa shape index (κ1) is 15.0. The first-order chi connectivity index (χ1) is 9.86. The molecule has 0 saturated heterocycles. The summed E-state index contributed by atoms with van der Waals surface area (Å²) in [5.41, 5.74) is 5.28. The molecule has 2 rings (SSSR count). The van der Waals surface area contributed by atoms with Crippen LogP contribution in [0.25, 0.3) is 0 Å². The summed E-state index contributed by atoms with van der Waals surface area (Å²) in [6.45, 7) is 0. The zero-order chi connectivity index (χ0) is 15.6. The van der Waals surface area contributed by atoms with Gasteiger partial charge in [-0.3, -0.25) is 14.3 Å². The maximum atomic E-state index is 13.6. The lowest BCUT2D eigenvalue weighted by atomic mass is 10.2. The molecule has 2 aromatic carbocycles. The zero-order valence-corrected chi connectivity index (χ0v) is 11.4. The Labute approximate surface area is 121 Å². The van der Waals surface area contributed by atoms with E-state index in [2.05, 4.69) is 0 Å². The molecule has 0 radical (unpaired) electrons. The summed E-state index contributed by atoms with van der Waals surface area (Å²) in [5.74, 6) is -1.78. The van der Waals surface area contributed by atoms with Gasteiger partial charge < -0.3 is 5.73 Å². The van der Waals surface area contributed by atoms with Gasteiger partial charge in [-0.25, -0.2) is 8.78 Å². The van der Waals surface area contributed by atoms with Crippen LogP contribution in [0.2, 0.25) is 0 Å². The molecule has 21 heavy (non-hydrogen) atoms. The van der Waals surface area contributed by atoms with E-state index in [0.717, 1.165) is 24.3 Å².